The molecule has 0 amide bonds. The third kappa shape index (κ3) is 2.13. The summed E-state index contributed by atoms with van der Waals surface area (Å²) in [5, 5.41) is 0. The highest BCUT2D eigenvalue weighted by atomic mass is 16.5. The van der Waals surface area contributed by atoms with E-state index < -0.39 is 5.54 Å². The fourth-order valence-electron chi connectivity index (χ4n) is 1.90. The van der Waals surface area contributed by atoms with E-state index in [4.69, 9.17) is 4.74 Å². The first-order chi connectivity index (χ1) is 8.23. The minimum absolute atomic E-state index is 0.0925. The molecule has 0 saturated heterocycles. The summed E-state index contributed by atoms with van der Waals surface area (Å²) >= 11 is 0. The Balaban J connectivity index is 2.18. The summed E-state index contributed by atoms with van der Waals surface area (Å²) in [5.74, 6) is -0.190. The minimum atomic E-state index is -0.730. The average molecular weight is 229 g/mol. The molecule has 0 bridgehead atoms. The first kappa shape index (κ1) is 11.6. The lowest BCUT2D eigenvalue weighted by atomic mass is 10.2. The number of nitrogens with zero attached hydrogens (tertiary/aromatic N) is 1. The number of aliphatic imine (C=N–C) groups is 1. The number of ether oxygens (including phenoxy) is 1. The molecule has 2 rings (SSSR count). The normalized spacial score (nSPS) is 26.8. The molecule has 1 saturated carbocycles. The Labute approximate surface area is 101 Å². The van der Waals surface area contributed by atoms with E-state index in [9.17, 15) is 4.79 Å². The Morgan fingerprint density at radius 1 is 1.53 bits per heavy atom. The van der Waals surface area contributed by atoms with Gasteiger partial charge in [-0.15, -0.1) is 6.58 Å². The number of esters is 1. The average Bonchev–Trinajstić information content (AvgIpc) is 3.12. The second kappa shape index (κ2) is 4.53. The van der Waals surface area contributed by atoms with Crippen LogP contribution >= 0.6 is 0 Å². The summed E-state index contributed by atoms with van der Waals surface area (Å²) in [5.41, 5.74) is 0.247. The molecule has 0 aliphatic heterocycles. The topological polar surface area (TPSA) is 38.7 Å². The number of carbonyl (C=O) groups excluding carboxylic acids is 1. The predicted molar refractivity (Wildman–Crippen MR) is 67.1 cm³/mol. The number of hydrogen-bond donors (Lipinski definition) is 0. The molecule has 0 heterocycles. The zero-order valence-corrected chi connectivity index (χ0v) is 9.80. The lowest BCUT2D eigenvalue weighted by Gasteiger charge is -2.08. The molecule has 1 aliphatic rings. The van der Waals surface area contributed by atoms with Crippen molar-refractivity contribution in [2.24, 2.45) is 10.9 Å². The zero-order chi connectivity index (χ0) is 12.3. The monoisotopic (exact) mass is 229 g/mol. The summed E-state index contributed by atoms with van der Waals surface area (Å²) in [6, 6.07) is 9.70. The molecular formula is C14H15NO2. The van der Waals surface area contributed by atoms with Crippen LogP contribution in [0.15, 0.2) is 48.0 Å². The molecule has 1 aromatic carbocycles. The summed E-state index contributed by atoms with van der Waals surface area (Å²) < 4.78 is 4.80. The van der Waals surface area contributed by atoms with Gasteiger partial charge in [-0.25, -0.2) is 4.79 Å². The van der Waals surface area contributed by atoms with Gasteiger partial charge in [0.25, 0.3) is 0 Å². The number of methoxy groups -OCH3 is 1. The molecule has 3 nitrogen and oxygen atoms in total. The Morgan fingerprint density at radius 2 is 2.24 bits per heavy atom. The lowest BCUT2D eigenvalue weighted by molar-refractivity contribution is -0.143. The quantitative estimate of drug-likeness (QED) is 0.451. The highest BCUT2D eigenvalue weighted by molar-refractivity contribution is 5.90. The molecule has 2 atom stereocenters. The Morgan fingerprint density at radius 3 is 2.76 bits per heavy atom. The maximum absolute atomic E-state index is 11.7. The molecule has 1 fully saturated rings. The van der Waals surface area contributed by atoms with Gasteiger partial charge in [0, 0.05) is 12.1 Å². The molecular weight excluding hydrogens is 214 g/mol. The van der Waals surface area contributed by atoms with Crippen molar-refractivity contribution >= 4 is 12.2 Å². The van der Waals surface area contributed by atoms with Crippen LogP contribution in [0.4, 0.5) is 0 Å². The van der Waals surface area contributed by atoms with Crippen molar-refractivity contribution in [3.05, 3.63) is 48.6 Å². The van der Waals surface area contributed by atoms with Crippen LogP contribution in [0.25, 0.3) is 0 Å². The maximum atomic E-state index is 11.7. The largest absolute Gasteiger partial charge is 0.467 e. The Hall–Kier alpha value is -1.90. The van der Waals surface area contributed by atoms with E-state index in [1.807, 2.05) is 30.3 Å². The smallest absolute Gasteiger partial charge is 0.334 e. The van der Waals surface area contributed by atoms with Crippen LogP contribution in [0.3, 0.4) is 0 Å². The van der Waals surface area contributed by atoms with Gasteiger partial charge in [0.15, 0.2) is 5.54 Å². The molecule has 1 aliphatic carbocycles. The van der Waals surface area contributed by atoms with Gasteiger partial charge in [0.05, 0.1) is 7.11 Å². The van der Waals surface area contributed by atoms with Gasteiger partial charge in [0.1, 0.15) is 0 Å². The van der Waals surface area contributed by atoms with Crippen molar-refractivity contribution in [1.29, 1.82) is 0 Å². The van der Waals surface area contributed by atoms with Crippen molar-refractivity contribution in [3.8, 4) is 0 Å². The van der Waals surface area contributed by atoms with Gasteiger partial charge in [-0.1, -0.05) is 36.4 Å². The zero-order valence-electron chi connectivity index (χ0n) is 9.80. The molecule has 0 N–H and O–H groups in total. The van der Waals surface area contributed by atoms with E-state index >= 15 is 0 Å². The van der Waals surface area contributed by atoms with Crippen LogP contribution in [0, 0.1) is 5.92 Å². The SMILES string of the molecule is C=C[C@@H]1C[C@]1(N=Cc1ccccc1)C(=O)OC. The molecule has 0 radical (unpaired) electrons. The molecule has 17 heavy (non-hydrogen) atoms. The fraction of sp³-hybridized carbons (Fsp3) is 0.286. The van der Waals surface area contributed by atoms with E-state index in [1.54, 1.807) is 12.3 Å². The van der Waals surface area contributed by atoms with E-state index in [2.05, 4.69) is 11.6 Å². The summed E-state index contributed by atoms with van der Waals surface area (Å²) in [6.07, 6.45) is 4.17. The van der Waals surface area contributed by atoms with Gasteiger partial charge in [-0.2, -0.15) is 0 Å². The molecule has 3 heteroatoms. The molecule has 88 valence electrons. The van der Waals surface area contributed by atoms with Gasteiger partial charge in [-0.3, -0.25) is 4.99 Å². The predicted octanol–water partition coefficient (Wildman–Crippen LogP) is 2.22. The molecule has 1 aromatic rings. The van der Waals surface area contributed by atoms with E-state index in [1.165, 1.54) is 7.11 Å². The summed E-state index contributed by atoms with van der Waals surface area (Å²) in [4.78, 5) is 16.1. The van der Waals surface area contributed by atoms with E-state index in [0.717, 1.165) is 5.56 Å². The van der Waals surface area contributed by atoms with Crippen LogP contribution < -0.4 is 0 Å². The van der Waals surface area contributed by atoms with Crippen LogP contribution in [0.2, 0.25) is 0 Å². The standard InChI is InChI=1S/C14H15NO2/c1-3-12-9-14(12,13(16)17-2)15-10-11-7-5-4-6-8-11/h3-8,10,12H,1,9H2,2H3/t12-,14-/m1/s1. The van der Waals surface area contributed by atoms with Crippen molar-refractivity contribution in [2.75, 3.05) is 7.11 Å². The first-order valence-corrected chi connectivity index (χ1v) is 5.54. The lowest BCUT2D eigenvalue weighted by Crippen LogP contribution is -2.24. The van der Waals surface area contributed by atoms with Gasteiger partial charge in [0.2, 0.25) is 0 Å². The maximum Gasteiger partial charge on any atom is 0.334 e. The van der Waals surface area contributed by atoms with Gasteiger partial charge >= 0.3 is 5.97 Å². The van der Waals surface area contributed by atoms with Gasteiger partial charge in [-0.05, 0) is 12.0 Å². The molecule has 0 aromatic heterocycles. The van der Waals surface area contributed by atoms with E-state index in [-0.39, 0.29) is 11.9 Å². The number of benzene rings is 1. The van der Waals surface area contributed by atoms with Crippen LogP contribution in [0.1, 0.15) is 12.0 Å². The van der Waals surface area contributed by atoms with E-state index in [0.29, 0.717) is 6.42 Å². The highest BCUT2D eigenvalue weighted by Gasteiger charge is 2.59. The second-order valence-electron chi connectivity index (χ2n) is 4.13. The summed E-state index contributed by atoms with van der Waals surface area (Å²) in [6.45, 7) is 3.71. The summed E-state index contributed by atoms with van der Waals surface area (Å²) in [7, 11) is 1.39. The van der Waals surface area contributed by atoms with Crippen LogP contribution in [-0.2, 0) is 9.53 Å². The third-order valence-electron chi connectivity index (χ3n) is 3.05. The third-order valence-corrected chi connectivity index (χ3v) is 3.05. The van der Waals surface area contributed by atoms with Crippen molar-refractivity contribution < 1.29 is 9.53 Å². The van der Waals surface area contributed by atoms with Crippen molar-refractivity contribution in [1.82, 2.24) is 0 Å². The molecule has 0 unspecified atom stereocenters. The Kier molecular flexibility index (Phi) is 3.09. The van der Waals surface area contributed by atoms with Gasteiger partial charge < -0.3 is 4.74 Å². The highest BCUT2D eigenvalue weighted by Crippen LogP contribution is 2.48. The minimum Gasteiger partial charge on any atom is -0.467 e. The Bertz CT molecular complexity index is 453. The second-order valence-corrected chi connectivity index (χ2v) is 4.13. The van der Waals surface area contributed by atoms with Crippen LogP contribution in [-0.4, -0.2) is 24.8 Å². The van der Waals surface area contributed by atoms with Crippen LogP contribution in [0.5, 0.6) is 0 Å². The fourth-order valence-corrected chi connectivity index (χ4v) is 1.90. The molecule has 0 spiro atoms. The van der Waals surface area contributed by atoms with Crippen molar-refractivity contribution in [2.45, 2.75) is 12.0 Å². The number of hydrogen-bond acceptors (Lipinski definition) is 3. The number of carbonyl (C=O) groups is 1. The van der Waals surface area contributed by atoms with Crippen molar-refractivity contribution in [3.63, 3.8) is 0 Å². The first-order valence-electron chi connectivity index (χ1n) is 5.54. The number of rotatable bonds is 4.